The normalized spacial score (nSPS) is 10.4. The number of nitrogens with zero attached hydrogens (tertiary/aromatic N) is 1. The van der Waals surface area contributed by atoms with Gasteiger partial charge in [0.2, 0.25) is 0 Å². The molecule has 74 valence electrons. The zero-order valence-electron chi connectivity index (χ0n) is 7.74. The number of halogens is 1. The Kier molecular flexibility index (Phi) is 4.13. The molecule has 0 spiro atoms. The van der Waals surface area contributed by atoms with Crippen molar-refractivity contribution >= 4 is 23.6 Å². The Morgan fingerprint density at radius 1 is 1.71 bits per heavy atom. The third kappa shape index (κ3) is 3.18. The van der Waals surface area contributed by atoms with E-state index in [9.17, 15) is 4.79 Å². The Bertz CT molecular complexity index is 350. The summed E-state index contributed by atoms with van der Waals surface area (Å²) in [5.74, 6) is -0.382. The number of hydrogen-bond donors (Lipinski definition) is 0. The lowest BCUT2D eigenvalue weighted by Gasteiger charge is -1.96. The van der Waals surface area contributed by atoms with Crippen molar-refractivity contribution in [1.82, 2.24) is 4.98 Å². The summed E-state index contributed by atoms with van der Waals surface area (Å²) in [6.07, 6.45) is 4.49. The van der Waals surface area contributed by atoms with Crippen LogP contribution in [0.1, 0.15) is 12.5 Å². The highest BCUT2D eigenvalue weighted by Gasteiger charge is 1.97. The summed E-state index contributed by atoms with van der Waals surface area (Å²) in [5.41, 5.74) is 0.696. The van der Waals surface area contributed by atoms with Gasteiger partial charge in [-0.3, -0.25) is 0 Å². The summed E-state index contributed by atoms with van der Waals surface area (Å²) in [7, 11) is 0. The van der Waals surface area contributed by atoms with Crippen LogP contribution in [0, 0.1) is 0 Å². The molecule has 0 bridgehead atoms. The second-order valence-corrected chi connectivity index (χ2v) is 2.83. The van der Waals surface area contributed by atoms with Gasteiger partial charge in [0, 0.05) is 17.8 Å². The molecule has 4 heteroatoms. The van der Waals surface area contributed by atoms with Gasteiger partial charge in [-0.25, -0.2) is 9.78 Å². The maximum absolute atomic E-state index is 11.0. The van der Waals surface area contributed by atoms with Crippen LogP contribution in [0.25, 0.3) is 6.08 Å². The van der Waals surface area contributed by atoms with Gasteiger partial charge in [0.1, 0.15) is 5.15 Å². The Labute approximate surface area is 87.4 Å². The molecule has 0 amide bonds. The standard InChI is InChI=1S/C10H10ClNO2/c1-2-14-9(13)6-5-8-4-3-7-12-10(8)11/h3-7H,2H2,1H3. The molecule has 3 nitrogen and oxygen atoms in total. The van der Waals surface area contributed by atoms with E-state index < -0.39 is 0 Å². The molecule has 0 saturated heterocycles. The number of rotatable bonds is 3. The molecule has 1 aromatic rings. The van der Waals surface area contributed by atoms with Crippen LogP contribution in [0.5, 0.6) is 0 Å². The lowest BCUT2D eigenvalue weighted by molar-refractivity contribution is -0.137. The topological polar surface area (TPSA) is 39.2 Å². The maximum atomic E-state index is 11.0. The van der Waals surface area contributed by atoms with Gasteiger partial charge in [0.05, 0.1) is 6.61 Å². The van der Waals surface area contributed by atoms with Crippen molar-refractivity contribution in [2.75, 3.05) is 6.61 Å². The lowest BCUT2D eigenvalue weighted by atomic mass is 10.2. The van der Waals surface area contributed by atoms with Crippen LogP contribution in [0.3, 0.4) is 0 Å². The van der Waals surface area contributed by atoms with E-state index in [0.717, 1.165) is 0 Å². The lowest BCUT2D eigenvalue weighted by Crippen LogP contribution is -1.98. The highest BCUT2D eigenvalue weighted by molar-refractivity contribution is 6.30. The smallest absolute Gasteiger partial charge is 0.330 e. The van der Waals surface area contributed by atoms with Crippen molar-refractivity contribution in [3.05, 3.63) is 35.1 Å². The third-order valence-electron chi connectivity index (χ3n) is 1.47. The zero-order chi connectivity index (χ0) is 10.4. The molecule has 1 heterocycles. The van der Waals surface area contributed by atoms with E-state index in [2.05, 4.69) is 4.98 Å². The number of aromatic nitrogens is 1. The Morgan fingerprint density at radius 3 is 3.14 bits per heavy atom. The van der Waals surface area contributed by atoms with Crippen LogP contribution in [0.2, 0.25) is 5.15 Å². The largest absolute Gasteiger partial charge is 0.463 e. The SMILES string of the molecule is CCOC(=O)C=Cc1cccnc1Cl. The van der Waals surface area contributed by atoms with E-state index in [1.165, 1.54) is 6.08 Å². The molecule has 0 N–H and O–H groups in total. The van der Waals surface area contributed by atoms with Gasteiger partial charge < -0.3 is 4.74 Å². The van der Waals surface area contributed by atoms with E-state index in [0.29, 0.717) is 17.3 Å². The first-order valence-corrected chi connectivity index (χ1v) is 4.57. The Morgan fingerprint density at radius 2 is 2.50 bits per heavy atom. The summed E-state index contributed by atoms with van der Waals surface area (Å²) in [4.78, 5) is 14.8. The summed E-state index contributed by atoms with van der Waals surface area (Å²) in [6, 6.07) is 3.52. The molecular formula is C10H10ClNO2. The fraction of sp³-hybridized carbons (Fsp3) is 0.200. The van der Waals surface area contributed by atoms with Gasteiger partial charge in [-0.05, 0) is 19.1 Å². The molecule has 0 unspecified atom stereocenters. The summed E-state index contributed by atoms with van der Waals surface area (Å²) < 4.78 is 4.71. The number of carbonyl (C=O) groups excluding carboxylic acids is 1. The van der Waals surface area contributed by atoms with E-state index in [1.54, 1.807) is 31.3 Å². The first-order chi connectivity index (χ1) is 6.74. The van der Waals surface area contributed by atoms with Crippen molar-refractivity contribution in [2.24, 2.45) is 0 Å². The summed E-state index contributed by atoms with van der Waals surface area (Å²) in [5, 5.41) is 0.369. The zero-order valence-corrected chi connectivity index (χ0v) is 8.49. The minimum Gasteiger partial charge on any atom is -0.463 e. The van der Waals surface area contributed by atoms with Gasteiger partial charge in [-0.2, -0.15) is 0 Å². The number of esters is 1. The van der Waals surface area contributed by atoms with Gasteiger partial charge in [0.15, 0.2) is 0 Å². The van der Waals surface area contributed by atoms with Crippen LogP contribution in [0.15, 0.2) is 24.4 Å². The van der Waals surface area contributed by atoms with E-state index >= 15 is 0 Å². The first-order valence-electron chi connectivity index (χ1n) is 4.19. The van der Waals surface area contributed by atoms with Crippen LogP contribution >= 0.6 is 11.6 Å². The molecule has 0 aromatic carbocycles. The van der Waals surface area contributed by atoms with E-state index in [4.69, 9.17) is 16.3 Å². The molecule has 0 atom stereocenters. The number of hydrogen-bond acceptors (Lipinski definition) is 3. The second-order valence-electron chi connectivity index (χ2n) is 2.47. The molecule has 0 aliphatic rings. The molecule has 0 saturated carbocycles. The van der Waals surface area contributed by atoms with Crippen molar-refractivity contribution < 1.29 is 9.53 Å². The minimum absolute atomic E-state index is 0.365. The predicted octanol–water partition coefficient (Wildman–Crippen LogP) is 2.31. The van der Waals surface area contributed by atoms with Crippen LogP contribution in [-0.4, -0.2) is 17.6 Å². The van der Waals surface area contributed by atoms with Crippen LogP contribution in [0.4, 0.5) is 0 Å². The van der Waals surface area contributed by atoms with Gasteiger partial charge in [0.25, 0.3) is 0 Å². The summed E-state index contributed by atoms with van der Waals surface area (Å²) >= 11 is 5.77. The molecule has 0 aliphatic heterocycles. The number of pyridine rings is 1. The number of ether oxygens (including phenoxy) is 1. The molecule has 0 radical (unpaired) electrons. The summed E-state index contributed by atoms with van der Waals surface area (Å²) in [6.45, 7) is 2.12. The fourth-order valence-electron chi connectivity index (χ4n) is 0.871. The van der Waals surface area contributed by atoms with E-state index in [1.807, 2.05) is 0 Å². The van der Waals surface area contributed by atoms with Crippen molar-refractivity contribution in [1.29, 1.82) is 0 Å². The third-order valence-corrected chi connectivity index (χ3v) is 1.79. The van der Waals surface area contributed by atoms with Gasteiger partial charge in [-0.1, -0.05) is 17.7 Å². The monoisotopic (exact) mass is 211 g/mol. The van der Waals surface area contributed by atoms with Crippen molar-refractivity contribution in [3.63, 3.8) is 0 Å². The molecule has 1 rings (SSSR count). The van der Waals surface area contributed by atoms with E-state index in [-0.39, 0.29) is 5.97 Å². The molecule has 14 heavy (non-hydrogen) atoms. The quantitative estimate of drug-likeness (QED) is 0.438. The molecular weight excluding hydrogens is 202 g/mol. The minimum atomic E-state index is -0.382. The van der Waals surface area contributed by atoms with Gasteiger partial charge >= 0.3 is 5.97 Å². The Balaban J connectivity index is 2.69. The van der Waals surface area contributed by atoms with Gasteiger partial charge in [-0.15, -0.1) is 0 Å². The van der Waals surface area contributed by atoms with Crippen molar-refractivity contribution in [2.45, 2.75) is 6.92 Å². The van der Waals surface area contributed by atoms with Crippen LogP contribution < -0.4 is 0 Å². The highest BCUT2D eigenvalue weighted by Crippen LogP contribution is 2.12. The Hall–Kier alpha value is -1.35. The molecule has 1 aromatic heterocycles. The predicted molar refractivity (Wildman–Crippen MR) is 54.9 cm³/mol. The first kappa shape index (κ1) is 10.7. The molecule has 0 aliphatic carbocycles. The number of carbonyl (C=O) groups is 1. The fourth-order valence-corrected chi connectivity index (χ4v) is 1.05. The molecule has 0 fully saturated rings. The second kappa shape index (κ2) is 5.40. The van der Waals surface area contributed by atoms with Crippen molar-refractivity contribution in [3.8, 4) is 0 Å². The average Bonchev–Trinajstić information content (AvgIpc) is 2.17. The van der Waals surface area contributed by atoms with Crippen LogP contribution in [-0.2, 0) is 9.53 Å². The maximum Gasteiger partial charge on any atom is 0.330 e. The highest BCUT2D eigenvalue weighted by atomic mass is 35.5. The average molecular weight is 212 g/mol.